The van der Waals surface area contributed by atoms with Crippen molar-refractivity contribution in [1.82, 2.24) is 10.2 Å². The molecule has 0 bridgehead atoms. The zero-order valence-electron chi connectivity index (χ0n) is 12.3. The highest BCUT2D eigenvalue weighted by molar-refractivity contribution is 6.01. The van der Waals surface area contributed by atoms with Crippen LogP contribution >= 0.6 is 0 Å². The van der Waals surface area contributed by atoms with Crippen LogP contribution in [-0.4, -0.2) is 41.9 Å². The third-order valence-electron chi connectivity index (χ3n) is 3.58. The van der Waals surface area contributed by atoms with Gasteiger partial charge in [-0.2, -0.15) is 0 Å². The first kappa shape index (κ1) is 15.1. The molecule has 21 heavy (non-hydrogen) atoms. The first-order valence-corrected chi connectivity index (χ1v) is 6.86. The Kier molecular flexibility index (Phi) is 4.29. The van der Waals surface area contributed by atoms with Gasteiger partial charge in [0.2, 0.25) is 5.91 Å². The number of rotatable bonds is 1. The highest BCUT2D eigenvalue weighted by Crippen LogP contribution is 2.22. The van der Waals surface area contributed by atoms with Gasteiger partial charge in [-0.25, -0.2) is 0 Å². The smallest absolute Gasteiger partial charge is 0.256 e. The fraction of sp³-hybridized carbons (Fsp3) is 0.375. The van der Waals surface area contributed by atoms with Gasteiger partial charge in [-0.1, -0.05) is 24.0 Å². The minimum absolute atomic E-state index is 0.146. The normalized spacial score (nSPS) is 16.7. The molecule has 1 saturated heterocycles. The van der Waals surface area contributed by atoms with Gasteiger partial charge in [0.25, 0.3) is 5.91 Å². The number of carbonyl (C=O) groups is 2. The Hall–Kier alpha value is -2.32. The largest absolute Gasteiger partial charge is 0.352 e. The van der Waals surface area contributed by atoms with Crippen LogP contribution in [0.15, 0.2) is 24.3 Å². The van der Waals surface area contributed by atoms with Crippen molar-refractivity contribution in [3.8, 4) is 11.8 Å². The summed E-state index contributed by atoms with van der Waals surface area (Å²) in [5, 5.41) is 2.78. The molecular formula is C16H19N3O2. The van der Waals surface area contributed by atoms with Gasteiger partial charge in [-0.05, 0) is 26.0 Å². The number of nitrogens with zero attached hydrogens (tertiary/aromatic N) is 1. The predicted molar refractivity (Wildman–Crippen MR) is 80.5 cm³/mol. The Morgan fingerprint density at radius 1 is 1.43 bits per heavy atom. The van der Waals surface area contributed by atoms with Gasteiger partial charge in [0.1, 0.15) is 5.54 Å². The van der Waals surface area contributed by atoms with E-state index in [-0.39, 0.29) is 18.4 Å². The number of nitrogens with two attached hydrogens (primary N) is 1. The second-order valence-electron chi connectivity index (χ2n) is 5.32. The molecule has 1 heterocycles. The molecule has 3 N–H and O–H groups in total. The van der Waals surface area contributed by atoms with Crippen LogP contribution < -0.4 is 11.1 Å². The number of benzene rings is 1. The molecule has 1 aromatic carbocycles. The van der Waals surface area contributed by atoms with Gasteiger partial charge >= 0.3 is 0 Å². The zero-order chi connectivity index (χ0) is 15.5. The monoisotopic (exact) mass is 285 g/mol. The molecule has 0 unspecified atom stereocenters. The third kappa shape index (κ3) is 2.91. The van der Waals surface area contributed by atoms with E-state index in [2.05, 4.69) is 17.2 Å². The Morgan fingerprint density at radius 3 is 2.86 bits per heavy atom. The predicted octanol–water partition coefficient (Wildman–Crippen LogP) is 0.347. The van der Waals surface area contributed by atoms with Crippen LogP contribution in [0.4, 0.5) is 0 Å². The van der Waals surface area contributed by atoms with Gasteiger partial charge < -0.3 is 16.0 Å². The van der Waals surface area contributed by atoms with Crippen molar-refractivity contribution >= 4 is 11.8 Å². The van der Waals surface area contributed by atoms with Crippen LogP contribution in [0.1, 0.15) is 29.8 Å². The van der Waals surface area contributed by atoms with Crippen LogP contribution in [0, 0.1) is 11.8 Å². The highest BCUT2D eigenvalue weighted by atomic mass is 16.2. The Bertz CT molecular complexity index is 626. The van der Waals surface area contributed by atoms with Crippen LogP contribution in [0.2, 0.25) is 0 Å². The number of hydrogen-bond donors (Lipinski definition) is 2. The highest BCUT2D eigenvalue weighted by Gasteiger charge is 2.40. The first-order valence-electron chi connectivity index (χ1n) is 6.86. The van der Waals surface area contributed by atoms with E-state index < -0.39 is 5.54 Å². The number of carbonyl (C=O) groups excluding carboxylic acids is 2. The molecule has 5 nitrogen and oxygen atoms in total. The Labute approximate surface area is 124 Å². The van der Waals surface area contributed by atoms with Crippen LogP contribution in [-0.2, 0) is 4.79 Å². The Balaban J connectivity index is 2.38. The second kappa shape index (κ2) is 5.98. The summed E-state index contributed by atoms with van der Waals surface area (Å²) in [4.78, 5) is 26.4. The topological polar surface area (TPSA) is 75.4 Å². The zero-order valence-corrected chi connectivity index (χ0v) is 12.3. The molecule has 1 aromatic rings. The summed E-state index contributed by atoms with van der Waals surface area (Å²) in [7, 11) is 0. The summed E-state index contributed by atoms with van der Waals surface area (Å²) >= 11 is 0. The van der Waals surface area contributed by atoms with Crippen molar-refractivity contribution in [3.63, 3.8) is 0 Å². The van der Waals surface area contributed by atoms with E-state index in [0.29, 0.717) is 24.2 Å². The van der Waals surface area contributed by atoms with Gasteiger partial charge in [-0.3, -0.25) is 9.59 Å². The van der Waals surface area contributed by atoms with Crippen molar-refractivity contribution in [3.05, 3.63) is 35.4 Å². The van der Waals surface area contributed by atoms with E-state index in [9.17, 15) is 9.59 Å². The minimum atomic E-state index is -0.871. The maximum Gasteiger partial charge on any atom is 0.256 e. The summed E-state index contributed by atoms with van der Waals surface area (Å²) in [6, 6.07) is 7.13. The van der Waals surface area contributed by atoms with E-state index in [1.165, 1.54) is 0 Å². The van der Waals surface area contributed by atoms with Crippen molar-refractivity contribution in [2.75, 3.05) is 19.6 Å². The second-order valence-corrected chi connectivity index (χ2v) is 5.32. The molecule has 1 aliphatic heterocycles. The van der Waals surface area contributed by atoms with Gasteiger partial charge in [0.15, 0.2) is 0 Å². The minimum Gasteiger partial charge on any atom is -0.352 e. The van der Waals surface area contributed by atoms with E-state index in [0.717, 1.165) is 0 Å². The molecule has 0 spiro atoms. The lowest BCUT2D eigenvalue weighted by molar-refractivity contribution is -0.133. The van der Waals surface area contributed by atoms with Gasteiger partial charge in [0.05, 0.1) is 12.1 Å². The summed E-state index contributed by atoms with van der Waals surface area (Å²) in [5.74, 6) is 5.34. The van der Waals surface area contributed by atoms with Crippen molar-refractivity contribution in [2.45, 2.75) is 19.4 Å². The lowest BCUT2D eigenvalue weighted by Crippen LogP contribution is -2.63. The average Bonchev–Trinajstić information content (AvgIpc) is 2.47. The summed E-state index contributed by atoms with van der Waals surface area (Å²) in [6.45, 7) is 4.67. The number of nitrogens with one attached hydrogen (secondary N) is 1. The van der Waals surface area contributed by atoms with Crippen LogP contribution in [0.25, 0.3) is 0 Å². The molecule has 2 amide bonds. The van der Waals surface area contributed by atoms with Crippen molar-refractivity contribution in [2.24, 2.45) is 5.73 Å². The lowest BCUT2D eigenvalue weighted by Gasteiger charge is -2.41. The third-order valence-corrected chi connectivity index (χ3v) is 3.58. The van der Waals surface area contributed by atoms with E-state index in [1.807, 2.05) is 6.07 Å². The number of piperazine rings is 1. The lowest BCUT2D eigenvalue weighted by atomic mass is 9.96. The maximum absolute atomic E-state index is 12.8. The molecule has 110 valence electrons. The maximum atomic E-state index is 12.8. The molecule has 1 fully saturated rings. The SMILES string of the molecule is CC1(C)C(=O)NCCN1C(=O)c1ccccc1C#CCN. The quantitative estimate of drug-likeness (QED) is 0.731. The fourth-order valence-corrected chi connectivity index (χ4v) is 2.33. The standard InChI is InChI=1S/C16H19N3O2/c1-16(2)15(21)18-10-11-19(16)14(20)13-8-4-3-6-12(13)7-5-9-17/h3-4,6,8H,9-11,17H2,1-2H3,(H,18,21). The number of hydrogen-bond acceptors (Lipinski definition) is 3. The molecule has 0 saturated carbocycles. The van der Waals surface area contributed by atoms with Crippen molar-refractivity contribution < 1.29 is 9.59 Å². The molecule has 0 atom stereocenters. The van der Waals surface area contributed by atoms with E-state index in [1.54, 1.807) is 36.9 Å². The summed E-state index contributed by atoms with van der Waals surface area (Å²) < 4.78 is 0. The molecule has 0 aromatic heterocycles. The van der Waals surface area contributed by atoms with Gasteiger partial charge in [0, 0.05) is 18.7 Å². The molecule has 5 heteroatoms. The van der Waals surface area contributed by atoms with Crippen molar-refractivity contribution in [1.29, 1.82) is 0 Å². The average molecular weight is 285 g/mol. The van der Waals surface area contributed by atoms with Crippen LogP contribution in [0.5, 0.6) is 0 Å². The molecular weight excluding hydrogens is 266 g/mol. The van der Waals surface area contributed by atoms with E-state index >= 15 is 0 Å². The van der Waals surface area contributed by atoms with E-state index in [4.69, 9.17) is 5.73 Å². The number of amides is 2. The molecule has 1 aliphatic rings. The summed E-state index contributed by atoms with van der Waals surface area (Å²) in [6.07, 6.45) is 0. The van der Waals surface area contributed by atoms with Gasteiger partial charge in [-0.15, -0.1) is 0 Å². The molecule has 2 rings (SSSR count). The fourth-order valence-electron chi connectivity index (χ4n) is 2.33. The first-order chi connectivity index (χ1) is 9.98. The van der Waals surface area contributed by atoms with Crippen LogP contribution in [0.3, 0.4) is 0 Å². The summed E-state index contributed by atoms with van der Waals surface area (Å²) in [5.41, 5.74) is 5.65. The molecule has 0 radical (unpaired) electrons. The molecule has 0 aliphatic carbocycles. The Morgan fingerprint density at radius 2 is 2.14 bits per heavy atom.